The second-order valence-electron chi connectivity index (χ2n) is 4.22. The molecule has 1 aliphatic heterocycles. The largest absolute Gasteiger partial charge is 0.482 e. The van der Waals surface area contributed by atoms with Crippen molar-refractivity contribution >= 4 is 28.9 Å². The van der Waals surface area contributed by atoms with Gasteiger partial charge in [-0.05, 0) is 6.07 Å². The molecule has 0 spiro atoms. The highest BCUT2D eigenvalue weighted by Crippen LogP contribution is 2.34. The van der Waals surface area contributed by atoms with Crippen LogP contribution in [0.3, 0.4) is 0 Å². The van der Waals surface area contributed by atoms with Crippen LogP contribution in [0.2, 0.25) is 0 Å². The van der Waals surface area contributed by atoms with E-state index < -0.39 is 5.91 Å². The summed E-state index contributed by atoms with van der Waals surface area (Å²) in [5, 5.41) is 5.73. The van der Waals surface area contributed by atoms with Gasteiger partial charge in [-0.15, -0.1) is 0 Å². The topological polar surface area (TPSA) is 129 Å². The van der Waals surface area contributed by atoms with Crippen LogP contribution in [0.5, 0.6) is 5.75 Å². The SMILES string of the molecule is NC(=O)COCCNc1cc2c(cc1N)OCC(=O)N2. The normalized spacial score (nSPS) is 13.1. The Morgan fingerprint density at radius 1 is 1.50 bits per heavy atom. The molecule has 1 aliphatic rings. The average Bonchev–Trinajstić information content (AvgIpc) is 2.39. The van der Waals surface area contributed by atoms with E-state index in [1.54, 1.807) is 12.1 Å². The van der Waals surface area contributed by atoms with Crippen molar-refractivity contribution in [3.63, 3.8) is 0 Å². The predicted molar refractivity (Wildman–Crippen MR) is 73.5 cm³/mol. The van der Waals surface area contributed by atoms with Gasteiger partial charge in [0.1, 0.15) is 12.4 Å². The van der Waals surface area contributed by atoms with Crippen LogP contribution in [0.1, 0.15) is 0 Å². The number of primary amides is 1. The monoisotopic (exact) mass is 280 g/mol. The lowest BCUT2D eigenvalue weighted by Gasteiger charge is -2.20. The second-order valence-corrected chi connectivity index (χ2v) is 4.22. The fraction of sp³-hybridized carbons (Fsp3) is 0.333. The van der Waals surface area contributed by atoms with Gasteiger partial charge in [-0.2, -0.15) is 0 Å². The number of nitrogens with one attached hydrogen (secondary N) is 2. The van der Waals surface area contributed by atoms with E-state index in [4.69, 9.17) is 20.9 Å². The van der Waals surface area contributed by atoms with Crippen LogP contribution < -0.4 is 26.8 Å². The average molecular weight is 280 g/mol. The minimum Gasteiger partial charge on any atom is -0.482 e. The van der Waals surface area contributed by atoms with Crippen molar-refractivity contribution in [1.29, 1.82) is 0 Å². The molecule has 108 valence electrons. The first-order valence-corrected chi connectivity index (χ1v) is 6.02. The summed E-state index contributed by atoms with van der Waals surface area (Å²) in [5.74, 6) is -0.186. The lowest BCUT2D eigenvalue weighted by atomic mass is 10.2. The zero-order valence-electron chi connectivity index (χ0n) is 10.8. The Kier molecular flexibility index (Phi) is 4.26. The third-order valence-corrected chi connectivity index (χ3v) is 2.59. The van der Waals surface area contributed by atoms with Crippen LogP contribution in [0.25, 0.3) is 0 Å². The number of nitrogen functional groups attached to an aromatic ring is 1. The lowest BCUT2D eigenvalue weighted by molar-refractivity contribution is -0.122. The quantitative estimate of drug-likeness (QED) is 0.411. The molecule has 0 saturated carbocycles. The van der Waals surface area contributed by atoms with Gasteiger partial charge in [-0.1, -0.05) is 0 Å². The first-order valence-electron chi connectivity index (χ1n) is 6.02. The van der Waals surface area contributed by atoms with E-state index in [1.807, 2.05) is 0 Å². The number of nitrogens with two attached hydrogens (primary N) is 2. The Morgan fingerprint density at radius 2 is 2.30 bits per heavy atom. The minimum absolute atomic E-state index is 0.0137. The van der Waals surface area contributed by atoms with Crippen LogP contribution in [0.15, 0.2) is 12.1 Å². The summed E-state index contributed by atoms with van der Waals surface area (Å²) in [5.41, 5.74) is 12.5. The molecule has 0 unspecified atom stereocenters. The maximum Gasteiger partial charge on any atom is 0.262 e. The molecule has 0 radical (unpaired) electrons. The Hall–Kier alpha value is -2.48. The van der Waals surface area contributed by atoms with Crippen LogP contribution in [0.4, 0.5) is 17.1 Å². The Labute approximate surface area is 115 Å². The van der Waals surface area contributed by atoms with E-state index in [-0.39, 0.29) is 19.1 Å². The van der Waals surface area contributed by atoms with Crippen molar-refractivity contribution in [2.75, 3.05) is 42.7 Å². The Morgan fingerprint density at radius 3 is 3.05 bits per heavy atom. The molecule has 0 fully saturated rings. The molecule has 1 aromatic rings. The number of rotatable bonds is 6. The first-order chi connectivity index (χ1) is 9.56. The van der Waals surface area contributed by atoms with Crippen molar-refractivity contribution in [3.05, 3.63) is 12.1 Å². The van der Waals surface area contributed by atoms with Crippen molar-refractivity contribution < 1.29 is 19.1 Å². The Bertz CT molecular complexity index is 532. The highest BCUT2D eigenvalue weighted by molar-refractivity contribution is 5.97. The maximum absolute atomic E-state index is 11.2. The number of hydrogen-bond acceptors (Lipinski definition) is 6. The number of carbonyl (C=O) groups excluding carboxylic acids is 2. The molecule has 1 heterocycles. The van der Waals surface area contributed by atoms with Gasteiger partial charge >= 0.3 is 0 Å². The molecule has 0 aromatic heterocycles. The molecular weight excluding hydrogens is 264 g/mol. The molecule has 0 saturated heterocycles. The van der Waals surface area contributed by atoms with Crippen molar-refractivity contribution in [2.45, 2.75) is 0 Å². The number of hydrogen-bond donors (Lipinski definition) is 4. The molecule has 6 N–H and O–H groups in total. The number of amides is 2. The molecule has 1 aromatic carbocycles. The van der Waals surface area contributed by atoms with Crippen molar-refractivity contribution in [1.82, 2.24) is 0 Å². The Balaban J connectivity index is 1.93. The van der Waals surface area contributed by atoms with Crippen LogP contribution in [-0.4, -0.2) is 38.2 Å². The van der Waals surface area contributed by atoms with E-state index in [0.29, 0.717) is 36.0 Å². The zero-order valence-corrected chi connectivity index (χ0v) is 10.8. The van der Waals surface area contributed by atoms with Gasteiger partial charge in [0.05, 0.1) is 23.7 Å². The summed E-state index contributed by atoms with van der Waals surface area (Å²) in [6.45, 7) is 0.624. The number of benzene rings is 1. The van der Waals surface area contributed by atoms with Crippen LogP contribution >= 0.6 is 0 Å². The van der Waals surface area contributed by atoms with E-state index in [9.17, 15) is 9.59 Å². The molecule has 8 nitrogen and oxygen atoms in total. The summed E-state index contributed by atoms with van der Waals surface area (Å²) >= 11 is 0. The minimum atomic E-state index is -0.516. The van der Waals surface area contributed by atoms with Crippen molar-refractivity contribution in [2.24, 2.45) is 5.73 Å². The number of carbonyl (C=O) groups is 2. The van der Waals surface area contributed by atoms with E-state index in [0.717, 1.165) is 0 Å². The molecule has 0 bridgehead atoms. The zero-order chi connectivity index (χ0) is 14.5. The van der Waals surface area contributed by atoms with E-state index >= 15 is 0 Å². The first kappa shape index (κ1) is 13.9. The standard InChI is InChI=1S/C12H16N4O4/c13-7-3-10-9(16-12(18)6-20-10)4-8(7)15-1-2-19-5-11(14)17/h3-4,15H,1-2,5-6,13H2,(H2,14,17)(H,16,18). The van der Waals surface area contributed by atoms with Gasteiger partial charge in [0.2, 0.25) is 5.91 Å². The molecule has 2 amide bonds. The molecule has 0 aliphatic carbocycles. The summed E-state index contributed by atoms with van der Waals surface area (Å²) in [6.07, 6.45) is 0. The third-order valence-electron chi connectivity index (χ3n) is 2.59. The number of anilines is 3. The molecule has 2 rings (SSSR count). The summed E-state index contributed by atoms with van der Waals surface area (Å²) in [6, 6.07) is 3.33. The highest BCUT2D eigenvalue weighted by Gasteiger charge is 2.17. The van der Waals surface area contributed by atoms with E-state index in [2.05, 4.69) is 10.6 Å². The summed E-state index contributed by atoms with van der Waals surface area (Å²) in [7, 11) is 0. The molecular formula is C12H16N4O4. The fourth-order valence-corrected chi connectivity index (χ4v) is 1.73. The molecule has 0 atom stereocenters. The molecule has 8 heteroatoms. The van der Waals surface area contributed by atoms with Gasteiger partial charge in [-0.3, -0.25) is 9.59 Å². The number of fused-ring (bicyclic) bond motifs is 1. The maximum atomic E-state index is 11.2. The lowest BCUT2D eigenvalue weighted by Crippen LogP contribution is -2.25. The van der Waals surface area contributed by atoms with Crippen LogP contribution in [0, 0.1) is 0 Å². The van der Waals surface area contributed by atoms with Gasteiger partial charge in [0.25, 0.3) is 5.91 Å². The summed E-state index contributed by atoms with van der Waals surface area (Å²) in [4.78, 5) is 21.7. The fourth-order valence-electron chi connectivity index (χ4n) is 1.73. The van der Waals surface area contributed by atoms with Gasteiger partial charge in [-0.25, -0.2) is 0 Å². The third kappa shape index (κ3) is 3.51. The second kappa shape index (κ2) is 6.11. The van der Waals surface area contributed by atoms with E-state index in [1.165, 1.54) is 0 Å². The molecule has 20 heavy (non-hydrogen) atoms. The van der Waals surface area contributed by atoms with Crippen molar-refractivity contribution in [3.8, 4) is 5.75 Å². The van der Waals surface area contributed by atoms with Gasteiger partial charge in [0.15, 0.2) is 6.61 Å². The van der Waals surface area contributed by atoms with Gasteiger partial charge < -0.3 is 31.6 Å². The summed E-state index contributed by atoms with van der Waals surface area (Å²) < 4.78 is 10.3. The smallest absolute Gasteiger partial charge is 0.262 e. The number of ether oxygens (including phenoxy) is 2. The highest BCUT2D eigenvalue weighted by atomic mass is 16.5. The van der Waals surface area contributed by atoms with Crippen LogP contribution in [-0.2, 0) is 14.3 Å². The predicted octanol–water partition coefficient (Wildman–Crippen LogP) is -0.486. The van der Waals surface area contributed by atoms with Gasteiger partial charge in [0, 0.05) is 12.6 Å².